The highest BCUT2D eigenvalue weighted by molar-refractivity contribution is 7.09. The van der Waals surface area contributed by atoms with Gasteiger partial charge in [-0.05, 0) is 48.6 Å². The van der Waals surface area contributed by atoms with E-state index in [0.29, 0.717) is 44.8 Å². The minimum Gasteiger partial charge on any atom is -0.449 e. The number of hydrogen-bond acceptors (Lipinski definition) is 6. The highest BCUT2D eigenvalue weighted by Crippen LogP contribution is 2.20. The van der Waals surface area contributed by atoms with E-state index in [9.17, 15) is 14.4 Å². The molecule has 3 aromatic rings. The second-order valence-corrected chi connectivity index (χ2v) is 14.2. The molecule has 0 spiro atoms. The van der Waals surface area contributed by atoms with Crippen LogP contribution in [0.15, 0.2) is 66.0 Å². The summed E-state index contributed by atoms with van der Waals surface area (Å²) in [6, 6.07) is 18.6. The third-order valence-electron chi connectivity index (χ3n) is 7.77. The van der Waals surface area contributed by atoms with Crippen LogP contribution in [0.2, 0.25) is 0 Å². The van der Waals surface area contributed by atoms with Gasteiger partial charge in [-0.1, -0.05) is 102 Å². The molecule has 10 heteroatoms. The maximum absolute atomic E-state index is 13.8. The zero-order valence-corrected chi connectivity index (χ0v) is 29.8. The van der Waals surface area contributed by atoms with Crippen LogP contribution in [-0.2, 0) is 28.9 Å². The molecule has 2 aromatic carbocycles. The topological polar surface area (TPSA) is 113 Å². The van der Waals surface area contributed by atoms with Crippen molar-refractivity contribution in [2.24, 2.45) is 11.8 Å². The molecular formula is C37H53N5O4S. The molecule has 0 aliphatic heterocycles. The van der Waals surface area contributed by atoms with Crippen LogP contribution in [0.5, 0.6) is 0 Å². The number of carbonyl (C=O) groups excluding carboxylic acids is 3. The quantitative estimate of drug-likeness (QED) is 0.145. The van der Waals surface area contributed by atoms with E-state index in [-0.39, 0.29) is 35.9 Å². The summed E-state index contributed by atoms with van der Waals surface area (Å²) < 4.78 is 5.43. The molecule has 256 valence electrons. The first-order valence-electron chi connectivity index (χ1n) is 16.7. The van der Waals surface area contributed by atoms with E-state index < -0.39 is 12.1 Å². The molecule has 0 saturated heterocycles. The van der Waals surface area contributed by atoms with Crippen LogP contribution in [0.1, 0.15) is 82.1 Å². The normalized spacial score (nSPS) is 13.2. The van der Waals surface area contributed by atoms with Gasteiger partial charge in [0.1, 0.15) is 6.04 Å². The number of ether oxygens (including phenoxy) is 1. The number of hydrogen-bond donors (Lipinski definition) is 3. The SMILES string of the molecule is CC(C)COC(=O)N[C@H](CC[C@H](Cc1ccccc1)NC(=O)[C@@H](NC(=O)N(C)Cc1csc(C(C)C)n1)C(C)C)Cc1ccccc1. The van der Waals surface area contributed by atoms with E-state index in [2.05, 4.69) is 34.8 Å². The lowest BCUT2D eigenvalue weighted by molar-refractivity contribution is -0.124. The monoisotopic (exact) mass is 663 g/mol. The summed E-state index contributed by atoms with van der Waals surface area (Å²) in [4.78, 5) is 45.9. The number of amides is 4. The predicted octanol–water partition coefficient (Wildman–Crippen LogP) is 6.93. The first kappa shape index (κ1) is 37.5. The lowest BCUT2D eigenvalue weighted by Gasteiger charge is -2.28. The van der Waals surface area contributed by atoms with E-state index in [4.69, 9.17) is 4.74 Å². The number of carbonyl (C=O) groups is 3. The number of nitrogens with one attached hydrogen (secondary N) is 3. The Morgan fingerprint density at radius 2 is 1.36 bits per heavy atom. The van der Waals surface area contributed by atoms with E-state index in [0.717, 1.165) is 21.8 Å². The van der Waals surface area contributed by atoms with Gasteiger partial charge in [0.15, 0.2) is 0 Å². The number of rotatable bonds is 17. The summed E-state index contributed by atoms with van der Waals surface area (Å²) in [5, 5.41) is 12.3. The second-order valence-electron chi connectivity index (χ2n) is 13.4. The van der Waals surface area contributed by atoms with Crippen LogP contribution in [-0.4, -0.2) is 59.7 Å². The van der Waals surface area contributed by atoms with Gasteiger partial charge >= 0.3 is 12.1 Å². The molecule has 3 atom stereocenters. The third kappa shape index (κ3) is 13.4. The Morgan fingerprint density at radius 1 is 0.809 bits per heavy atom. The van der Waals surface area contributed by atoms with Gasteiger partial charge in [0.25, 0.3) is 0 Å². The Kier molecular flexibility index (Phi) is 15.2. The zero-order valence-electron chi connectivity index (χ0n) is 29.0. The van der Waals surface area contributed by atoms with Crippen molar-refractivity contribution >= 4 is 29.4 Å². The highest BCUT2D eigenvalue weighted by Gasteiger charge is 2.28. The van der Waals surface area contributed by atoms with Crippen molar-refractivity contribution in [2.75, 3.05) is 13.7 Å². The summed E-state index contributed by atoms with van der Waals surface area (Å²) in [5.41, 5.74) is 3.03. The van der Waals surface area contributed by atoms with E-state index in [1.165, 1.54) is 0 Å². The number of alkyl carbamates (subject to hydrolysis) is 1. The highest BCUT2D eigenvalue weighted by atomic mass is 32.1. The fourth-order valence-corrected chi connectivity index (χ4v) is 5.97. The molecule has 3 N–H and O–H groups in total. The third-order valence-corrected chi connectivity index (χ3v) is 8.96. The molecule has 1 heterocycles. The summed E-state index contributed by atoms with van der Waals surface area (Å²) in [6.45, 7) is 12.7. The van der Waals surface area contributed by atoms with E-state index >= 15 is 0 Å². The van der Waals surface area contributed by atoms with Crippen molar-refractivity contribution < 1.29 is 19.1 Å². The number of thiazole rings is 1. The fraction of sp³-hybridized carbons (Fsp3) is 0.514. The molecule has 0 saturated carbocycles. The number of benzene rings is 2. The van der Waals surface area contributed by atoms with Gasteiger partial charge in [0.05, 0.1) is 23.9 Å². The van der Waals surface area contributed by atoms with Gasteiger partial charge in [0, 0.05) is 30.4 Å². The van der Waals surface area contributed by atoms with Crippen molar-refractivity contribution in [1.29, 1.82) is 0 Å². The second kappa shape index (κ2) is 19.0. The van der Waals surface area contributed by atoms with Crippen molar-refractivity contribution in [2.45, 2.75) is 97.8 Å². The Balaban J connectivity index is 1.71. The molecule has 0 unspecified atom stereocenters. The molecule has 0 radical (unpaired) electrons. The average Bonchev–Trinajstić information content (AvgIpc) is 3.51. The average molecular weight is 664 g/mol. The predicted molar refractivity (Wildman–Crippen MR) is 189 cm³/mol. The minimum atomic E-state index is -0.728. The zero-order chi connectivity index (χ0) is 34.3. The number of nitrogens with zero attached hydrogens (tertiary/aromatic N) is 2. The number of aromatic nitrogens is 1. The summed E-state index contributed by atoms with van der Waals surface area (Å²) in [7, 11) is 1.71. The lowest BCUT2D eigenvalue weighted by atomic mass is 9.95. The smallest absolute Gasteiger partial charge is 0.407 e. The Bertz CT molecular complexity index is 1380. The van der Waals surface area contributed by atoms with Gasteiger partial charge in [-0.3, -0.25) is 4.79 Å². The van der Waals surface area contributed by atoms with Crippen LogP contribution >= 0.6 is 11.3 Å². The van der Waals surface area contributed by atoms with Crippen LogP contribution in [0.3, 0.4) is 0 Å². The molecule has 4 amide bonds. The first-order valence-corrected chi connectivity index (χ1v) is 17.6. The molecule has 0 aliphatic carbocycles. The molecule has 3 rings (SSSR count). The maximum Gasteiger partial charge on any atom is 0.407 e. The van der Waals surface area contributed by atoms with Crippen molar-refractivity contribution in [3.05, 3.63) is 87.9 Å². The van der Waals surface area contributed by atoms with Crippen LogP contribution in [0, 0.1) is 11.8 Å². The van der Waals surface area contributed by atoms with Gasteiger partial charge < -0.3 is 25.6 Å². The summed E-state index contributed by atoms with van der Waals surface area (Å²) in [5.74, 6) is 0.189. The van der Waals surface area contributed by atoms with Gasteiger partial charge in [0.2, 0.25) is 5.91 Å². The largest absolute Gasteiger partial charge is 0.449 e. The Morgan fingerprint density at radius 3 is 1.85 bits per heavy atom. The number of urea groups is 1. The Hall–Kier alpha value is -3.92. The Labute approximate surface area is 284 Å². The standard InChI is InChI=1S/C37H53N5O4S/c1-25(2)23-46-37(45)40-31(21-29-16-12-9-13-17-29)19-18-30(20-28-14-10-8-11-15-28)38-34(43)33(26(3)4)41-36(44)42(7)22-32-24-47-35(39-32)27(5)6/h8-17,24-27,30-31,33H,18-23H2,1-7H3,(H,38,43)(H,40,45)(H,41,44)/t30-,31-,33+/m1/s1. The lowest BCUT2D eigenvalue weighted by Crippen LogP contribution is -2.54. The van der Waals surface area contributed by atoms with Gasteiger partial charge in [-0.25, -0.2) is 14.6 Å². The molecule has 0 aliphatic rings. The van der Waals surface area contributed by atoms with Crippen LogP contribution in [0.4, 0.5) is 9.59 Å². The first-order chi connectivity index (χ1) is 22.4. The maximum atomic E-state index is 13.8. The van der Waals surface area contributed by atoms with Crippen molar-refractivity contribution in [3.63, 3.8) is 0 Å². The van der Waals surface area contributed by atoms with Gasteiger partial charge in [-0.2, -0.15) is 0 Å². The molecule has 0 bridgehead atoms. The van der Waals surface area contributed by atoms with Crippen LogP contribution < -0.4 is 16.0 Å². The fourth-order valence-electron chi connectivity index (χ4n) is 5.15. The van der Waals surface area contributed by atoms with Crippen molar-refractivity contribution in [1.82, 2.24) is 25.8 Å². The molecule has 47 heavy (non-hydrogen) atoms. The molecular weight excluding hydrogens is 611 g/mol. The van der Waals surface area contributed by atoms with E-state index in [1.807, 2.05) is 93.7 Å². The molecule has 9 nitrogen and oxygen atoms in total. The summed E-state index contributed by atoms with van der Waals surface area (Å²) in [6.07, 6.45) is 2.05. The van der Waals surface area contributed by atoms with Crippen LogP contribution in [0.25, 0.3) is 0 Å². The summed E-state index contributed by atoms with van der Waals surface area (Å²) >= 11 is 1.59. The van der Waals surface area contributed by atoms with E-state index in [1.54, 1.807) is 23.3 Å². The molecule has 0 fully saturated rings. The minimum absolute atomic E-state index is 0.139. The molecule has 1 aromatic heterocycles. The van der Waals surface area contributed by atoms with Crippen molar-refractivity contribution in [3.8, 4) is 0 Å². The van der Waals surface area contributed by atoms with Gasteiger partial charge in [-0.15, -0.1) is 11.3 Å².